The van der Waals surface area contributed by atoms with Gasteiger partial charge in [-0.3, -0.25) is 9.59 Å². The van der Waals surface area contributed by atoms with E-state index in [9.17, 15) is 9.59 Å². The van der Waals surface area contributed by atoms with Gasteiger partial charge < -0.3 is 10.1 Å². The molecule has 2 unspecified atom stereocenters. The number of fused-ring (bicyclic) bond motifs is 1. The van der Waals surface area contributed by atoms with E-state index in [1.54, 1.807) is 6.07 Å². The van der Waals surface area contributed by atoms with Crippen LogP contribution in [-0.2, 0) is 17.8 Å². The van der Waals surface area contributed by atoms with Crippen LogP contribution in [0.1, 0.15) is 46.4 Å². The lowest BCUT2D eigenvalue weighted by atomic mass is 9.82. The molecule has 2 atom stereocenters. The molecule has 4 nitrogen and oxygen atoms in total. The molecule has 36 heavy (non-hydrogen) atoms. The van der Waals surface area contributed by atoms with Crippen molar-refractivity contribution < 1.29 is 14.3 Å². The Hall–Kier alpha value is -4.18. The smallest absolute Gasteiger partial charge is 0.231 e. The van der Waals surface area contributed by atoms with Crippen molar-refractivity contribution >= 4 is 11.7 Å². The normalized spacial score (nSPS) is 15.6. The maximum Gasteiger partial charge on any atom is 0.231 e. The second-order valence-electron chi connectivity index (χ2n) is 9.23. The quantitative estimate of drug-likeness (QED) is 0.308. The lowest BCUT2D eigenvalue weighted by Gasteiger charge is -2.25. The molecular weight excluding hydrogens is 446 g/mol. The number of rotatable bonds is 7. The van der Waals surface area contributed by atoms with Crippen LogP contribution in [-0.4, -0.2) is 11.7 Å². The van der Waals surface area contributed by atoms with Crippen molar-refractivity contribution in [3.8, 4) is 16.9 Å². The average molecular weight is 476 g/mol. The fourth-order valence-electron chi connectivity index (χ4n) is 4.82. The summed E-state index contributed by atoms with van der Waals surface area (Å²) in [5.41, 5.74) is 5.97. The van der Waals surface area contributed by atoms with Gasteiger partial charge in [-0.25, -0.2) is 0 Å². The van der Waals surface area contributed by atoms with E-state index in [4.69, 9.17) is 4.74 Å². The van der Waals surface area contributed by atoms with Crippen molar-refractivity contribution in [3.05, 3.63) is 125 Å². The summed E-state index contributed by atoms with van der Waals surface area (Å²) in [4.78, 5) is 26.1. The third-order valence-corrected chi connectivity index (χ3v) is 6.83. The van der Waals surface area contributed by atoms with Crippen LogP contribution in [0.3, 0.4) is 0 Å². The van der Waals surface area contributed by atoms with Gasteiger partial charge in [0, 0.05) is 5.56 Å². The van der Waals surface area contributed by atoms with Gasteiger partial charge in [-0.1, -0.05) is 84.9 Å². The molecule has 0 saturated heterocycles. The fraction of sp³-hybridized carbons (Fsp3) is 0.188. The van der Waals surface area contributed by atoms with Gasteiger partial charge in [0.1, 0.15) is 18.3 Å². The number of benzene rings is 4. The zero-order valence-electron chi connectivity index (χ0n) is 20.3. The SMILES string of the molecule is CC(NC(=O)C1CCc2cc(OCc3ccccc3-c3ccccc3)ccc2C1=O)c1ccccc1. The van der Waals surface area contributed by atoms with Gasteiger partial charge >= 0.3 is 0 Å². The second kappa shape index (κ2) is 10.6. The van der Waals surface area contributed by atoms with Crippen molar-refractivity contribution in [1.29, 1.82) is 0 Å². The fourth-order valence-corrected chi connectivity index (χ4v) is 4.82. The first kappa shape index (κ1) is 23.6. The van der Waals surface area contributed by atoms with E-state index in [2.05, 4.69) is 29.6 Å². The number of carbonyl (C=O) groups is 2. The van der Waals surface area contributed by atoms with Crippen molar-refractivity contribution in [1.82, 2.24) is 5.32 Å². The van der Waals surface area contributed by atoms with E-state index in [0.717, 1.165) is 33.6 Å². The number of carbonyl (C=O) groups excluding carboxylic acids is 2. The Labute approximate surface area is 212 Å². The Morgan fingerprint density at radius 3 is 2.36 bits per heavy atom. The maximum absolute atomic E-state index is 13.2. The van der Waals surface area contributed by atoms with Gasteiger partial charge in [0.05, 0.1) is 6.04 Å². The Morgan fingerprint density at radius 1 is 0.889 bits per heavy atom. The van der Waals surface area contributed by atoms with E-state index in [-0.39, 0.29) is 17.7 Å². The topological polar surface area (TPSA) is 55.4 Å². The Bertz CT molecular complexity index is 1360. The number of hydrogen-bond acceptors (Lipinski definition) is 3. The number of ether oxygens (including phenoxy) is 1. The highest BCUT2D eigenvalue weighted by Gasteiger charge is 2.33. The largest absolute Gasteiger partial charge is 0.489 e. The van der Waals surface area contributed by atoms with Gasteiger partial charge in [-0.15, -0.1) is 0 Å². The predicted octanol–water partition coefficient (Wildman–Crippen LogP) is 6.56. The van der Waals surface area contributed by atoms with E-state index < -0.39 is 5.92 Å². The molecular formula is C32H29NO3. The highest BCUT2D eigenvalue weighted by Crippen LogP contribution is 2.31. The average Bonchev–Trinajstić information content (AvgIpc) is 2.93. The number of aryl methyl sites for hydroxylation is 1. The molecule has 180 valence electrons. The highest BCUT2D eigenvalue weighted by molar-refractivity contribution is 6.11. The van der Waals surface area contributed by atoms with E-state index in [0.29, 0.717) is 25.0 Å². The van der Waals surface area contributed by atoms with Crippen molar-refractivity contribution in [3.63, 3.8) is 0 Å². The van der Waals surface area contributed by atoms with E-state index in [1.165, 1.54) is 0 Å². The van der Waals surface area contributed by atoms with E-state index in [1.807, 2.05) is 79.7 Å². The Morgan fingerprint density at radius 2 is 1.58 bits per heavy atom. The number of hydrogen-bond donors (Lipinski definition) is 1. The highest BCUT2D eigenvalue weighted by atomic mass is 16.5. The molecule has 0 fully saturated rings. The third-order valence-electron chi connectivity index (χ3n) is 6.83. The molecule has 0 aromatic heterocycles. The van der Waals surface area contributed by atoms with Gasteiger partial charge in [-0.05, 0) is 65.8 Å². The summed E-state index contributed by atoms with van der Waals surface area (Å²) in [5, 5.41) is 3.01. The summed E-state index contributed by atoms with van der Waals surface area (Å²) in [5.74, 6) is -0.256. The van der Waals surface area contributed by atoms with Crippen LogP contribution < -0.4 is 10.1 Å². The van der Waals surface area contributed by atoms with Crippen LogP contribution in [0.25, 0.3) is 11.1 Å². The number of nitrogens with one attached hydrogen (secondary N) is 1. The van der Waals surface area contributed by atoms with Gasteiger partial charge in [0.2, 0.25) is 5.91 Å². The first-order valence-electron chi connectivity index (χ1n) is 12.4. The number of amides is 1. The standard InChI is InChI=1S/C32H29NO3/c1-22(23-10-4-2-5-11-23)33-32(35)30-18-16-25-20-27(17-19-29(25)31(30)34)36-21-26-14-8-9-15-28(26)24-12-6-3-7-13-24/h2-15,17,19-20,22,30H,16,18,21H2,1H3,(H,33,35). The Balaban J connectivity index is 1.26. The summed E-state index contributed by atoms with van der Waals surface area (Å²) in [6, 6.07) is 33.7. The molecule has 0 heterocycles. The summed E-state index contributed by atoms with van der Waals surface area (Å²) in [6.07, 6.45) is 1.16. The van der Waals surface area contributed by atoms with Crippen LogP contribution in [0, 0.1) is 5.92 Å². The summed E-state index contributed by atoms with van der Waals surface area (Å²) >= 11 is 0. The molecule has 0 bridgehead atoms. The molecule has 1 aliphatic rings. The van der Waals surface area contributed by atoms with Crippen LogP contribution in [0.15, 0.2) is 103 Å². The van der Waals surface area contributed by atoms with Gasteiger partial charge in [0.25, 0.3) is 0 Å². The summed E-state index contributed by atoms with van der Waals surface area (Å²) in [7, 11) is 0. The third kappa shape index (κ3) is 5.08. The minimum atomic E-state index is -0.659. The molecule has 0 saturated carbocycles. The zero-order chi connectivity index (χ0) is 24.9. The minimum absolute atomic E-state index is 0.116. The summed E-state index contributed by atoms with van der Waals surface area (Å²) < 4.78 is 6.14. The van der Waals surface area contributed by atoms with Crippen molar-refractivity contribution in [2.24, 2.45) is 5.92 Å². The summed E-state index contributed by atoms with van der Waals surface area (Å²) in [6.45, 7) is 2.37. The van der Waals surface area contributed by atoms with E-state index >= 15 is 0 Å². The van der Waals surface area contributed by atoms with Crippen LogP contribution in [0.5, 0.6) is 5.75 Å². The lowest BCUT2D eigenvalue weighted by Crippen LogP contribution is -2.39. The molecule has 1 amide bonds. The number of ketones is 1. The maximum atomic E-state index is 13.2. The van der Waals surface area contributed by atoms with Gasteiger partial charge in [0.15, 0.2) is 5.78 Å². The first-order valence-corrected chi connectivity index (χ1v) is 12.4. The second-order valence-corrected chi connectivity index (χ2v) is 9.23. The molecule has 4 aromatic carbocycles. The monoisotopic (exact) mass is 475 g/mol. The molecule has 1 N–H and O–H groups in total. The molecule has 0 aliphatic heterocycles. The minimum Gasteiger partial charge on any atom is -0.489 e. The predicted molar refractivity (Wildman–Crippen MR) is 142 cm³/mol. The number of Topliss-reactive ketones (excluding diaryl/α,β-unsaturated/α-hetero) is 1. The first-order chi connectivity index (χ1) is 17.6. The van der Waals surface area contributed by atoms with Crippen LogP contribution >= 0.6 is 0 Å². The molecule has 0 spiro atoms. The molecule has 1 aliphatic carbocycles. The van der Waals surface area contributed by atoms with Crippen molar-refractivity contribution in [2.75, 3.05) is 0 Å². The Kier molecular flexibility index (Phi) is 6.94. The van der Waals surface area contributed by atoms with Crippen molar-refractivity contribution in [2.45, 2.75) is 32.4 Å². The lowest BCUT2D eigenvalue weighted by molar-refractivity contribution is -0.124. The van der Waals surface area contributed by atoms with Crippen LogP contribution in [0.2, 0.25) is 0 Å². The zero-order valence-corrected chi connectivity index (χ0v) is 20.3. The molecule has 4 aromatic rings. The van der Waals surface area contributed by atoms with Crippen LogP contribution in [0.4, 0.5) is 0 Å². The molecule has 4 heteroatoms. The molecule has 0 radical (unpaired) electrons. The van der Waals surface area contributed by atoms with Gasteiger partial charge in [-0.2, -0.15) is 0 Å². The molecule has 5 rings (SSSR count).